The predicted octanol–water partition coefficient (Wildman–Crippen LogP) is 4.42. The molecule has 1 saturated heterocycles. The Bertz CT molecular complexity index is 1270. The molecular formula is C26H26F5NO7. The van der Waals surface area contributed by atoms with Gasteiger partial charge in [0.05, 0.1) is 23.8 Å². The number of nitrogens with zero attached hydrogens (tertiary/aromatic N) is 1. The second-order valence-corrected chi connectivity index (χ2v) is 9.96. The number of oxime groups is 1. The Kier molecular flexibility index (Phi) is 7.72. The van der Waals surface area contributed by atoms with E-state index in [-0.39, 0.29) is 18.9 Å². The van der Waals surface area contributed by atoms with Crippen molar-refractivity contribution in [3.63, 3.8) is 0 Å². The molecule has 8 nitrogen and oxygen atoms in total. The van der Waals surface area contributed by atoms with E-state index in [2.05, 4.69) is 5.16 Å². The highest BCUT2D eigenvalue weighted by atomic mass is 19.2. The molecule has 212 valence electrons. The molecule has 2 aliphatic heterocycles. The van der Waals surface area contributed by atoms with E-state index in [1.807, 2.05) is 6.92 Å². The van der Waals surface area contributed by atoms with Gasteiger partial charge in [0.25, 0.3) is 0 Å². The third-order valence-corrected chi connectivity index (χ3v) is 7.33. The maximum absolute atomic E-state index is 14.5. The van der Waals surface area contributed by atoms with Crippen LogP contribution in [0.15, 0.2) is 16.3 Å². The van der Waals surface area contributed by atoms with E-state index in [0.29, 0.717) is 18.4 Å². The Morgan fingerprint density at radius 1 is 1.05 bits per heavy atom. The van der Waals surface area contributed by atoms with Gasteiger partial charge in [-0.2, -0.15) is 0 Å². The molecule has 1 spiro atoms. The molecular weight excluding hydrogens is 533 g/mol. The Labute approximate surface area is 220 Å². The quantitative estimate of drug-likeness (QED) is 0.0928. The summed E-state index contributed by atoms with van der Waals surface area (Å²) < 4.78 is 86.6. The van der Waals surface area contributed by atoms with Gasteiger partial charge in [-0.15, -0.1) is 0 Å². The minimum Gasteiger partial charge on any atom is -0.466 e. The van der Waals surface area contributed by atoms with Crippen LogP contribution in [0.3, 0.4) is 0 Å². The minimum atomic E-state index is -2.33. The van der Waals surface area contributed by atoms with E-state index in [9.17, 15) is 36.3 Å². The molecule has 1 aliphatic carbocycles. The summed E-state index contributed by atoms with van der Waals surface area (Å²) in [6.45, 7) is 6.27. The summed E-state index contributed by atoms with van der Waals surface area (Å²) in [5.41, 5.74) is -2.58. The molecule has 1 aromatic rings. The second kappa shape index (κ2) is 10.6. The number of fused-ring (bicyclic) bond motifs is 2. The van der Waals surface area contributed by atoms with Crippen LogP contribution in [0.5, 0.6) is 0 Å². The lowest BCUT2D eigenvalue weighted by Crippen LogP contribution is -2.52. The molecule has 0 saturated carbocycles. The Balaban J connectivity index is 1.69. The summed E-state index contributed by atoms with van der Waals surface area (Å²) in [6, 6.07) is 0. The molecule has 3 aliphatic rings. The second-order valence-electron chi connectivity index (χ2n) is 9.96. The highest BCUT2D eigenvalue weighted by Gasteiger charge is 2.68. The average molecular weight is 559 g/mol. The van der Waals surface area contributed by atoms with E-state index in [0.717, 1.165) is 5.57 Å². The van der Waals surface area contributed by atoms with Gasteiger partial charge in [-0.3, -0.25) is 9.59 Å². The lowest BCUT2D eigenvalue weighted by atomic mass is 9.68. The Morgan fingerprint density at radius 2 is 1.67 bits per heavy atom. The number of carbonyl (C=O) groups excluding carboxylic acids is 3. The fourth-order valence-corrected chi connectivity index (χ4v) is 5.72. The number of ether oxygens (including phenoxy) is 3. The fraction of sp³-hybridized carbons (Fsp3) is 0.538. The van der Waals surface area contributed by atoms with Gasteiger partial charge in [-0.25, -0.2) is 26.7 Å². The molecule has 0 aromatic heterocycles. The number of halogens is 5. The average Bonchev–Trinajstić information content (AvgIpc) is 3.40. The molecule has 0 bridgehead atoms. The SMILES string of the molecule is CC(=O)OCCC[C@H](C)C1=C(C)C[C@H]2OC(=O)[C@]3(CC(c4c(F)c(F)c(F)c(F)c4F)=NO3)[C@H]2[C@@H]1OC(C)=O. The molecule has 0 N–H and O–H groups in total. The van der Waals surface area contributed by atoms with Crippen molar-refractivity contribution in [1.82, 2.24) is 0 Å². The first kappa shape index (κ1) is 28.5. The Hall–Kier alpha value is -3.51. The van der Waals surface area contributed by atoms with Crippen molar-refractivity contribution in [2.24, 2.45) is 17.0 Å². The lowest BCUT2D eigenvalue weighted by Gasteiger charge is -2.40. The summed E-state index contributed by atoms with van der Waals surface area (Å²) in [5, 5.41) is 3.57. The van der Waals surface area contributed by atoms with Gasteiger partial charge in [0.2, 0.25) is 11.4 Å². The summed E-state index contributed by atoms with van der Waals surface area (Å²) in [5.74, 6) is -14.3. The van der Waals surface area contributed by atoms with Crippen molar-refractivity contribution in [1.29, 1.82) is 0 Å². The van der Waals surface area contributed by atoms with Gasteiger partial charge in [0.1, 0.15) is 12.2 Å². The largest absolute Gasteiger partial charge is 0.466 e. The van der Waals surface area contributed by atoms with E-state index in [4.69, 9.17) is 19.0 Å². The summed E-state index contributed by atoms with van der Waals surface area (Å²) in [4.78, 5) is 41.8. The lowest BCUT2D eigenvalue weighted by molar-refractivity contribution is -0.164. The van der Waals surface area contributed by atoms with Crippen molar-refractivity contribution in [2.45, 2.75) is 71.2 Å². The first-order chi connectivity index (χ1) is 18.3. The fourth-order valence-electron chi connectivity index (χ4n) is 5.72. The molecule has 1 fully saturated rings. The molecule has 1 aromatic carbocycles. The van der Waals surface area contributed by atoms with Crippen molar-refractivity contribution >= 4 is 23.6 Å². The van der Waals surface area contributed by atoms with Crippen LogP contribution >= 0.6 is 0 Å². The third-order valence-electron chi connectivity index (χ3n) is 7.33. The van der Waals surface area contributed by atoms with Gasteiger partial charge < -0.3 is 19.0 Å². The topological polar surface area (TPSA) is 100 Å². The highest BCUT2D eigenvalue weighted by molar-refractivity contribution is 6.05. The molecule has 39 heavy (non-hydrogen) atoms. The van der Waals surface area contributed by atoms with Crippen LogP contribution in [0.1, 0.15) is 58.9 Å². The number of rotatable bonds is 7. The smallest absolute Gasteiger partial charge is 0.354 e. The zero-order valence-electron chi connectivity index (χ0n) is 21.5. The minimum absolute atomic E-state index is 0.171. The zero-order valence-corrected chi connectivity index (χ0v) is 21.5. The molecule has 5 atom stereocenters. The number of carbonyl (C=O) groups is 3. The van der Waals surface area contributed by atoms with Crippen molar-refractivity contribution in [3.8, 4) is 0 Å². The van der Waals surface area contributed by atoms with E-state index < -0.39 is 88.4 Å². The van der Waals surface area contributed by atoms with Gasteiger partial charge in [-0.1, -0.05) is 17.7 Å². The van der Waals surface area contributed by atoms with Crippen LogP contribution in [-0.2, 0) is 33.4 Å². The van der Waals surface area contributed by atoms with Crippen LogP contribution in [0.25, 0.3) is 0 Å². The molecule has 0 unspecified atom stereocenters. The van der Waals surface area contributed by atoms with Crippen LogP contribution in [0, 0.1) is 40.9 Å². The van der Waals surface area contributed by atoms with E-state index >= 15 is 0 Å². The first-order valence-electron chi connectivity index (χ1n) is 12.3. The van der Waals surface area contributed by atoms with Crippen LogP contribution in [0.4, 0.5) is 22.0 Å². The van der Waals surface area contributed by atoms with Crippen molar-refractivity contribution < 1.29 is 55.4 Å². The number of benzene rings is 1. The summed E-state index contributed by atoms with van der Waals surface area (Å²) >= 11 is 0. The normalized spacial score (nSPS) is 26.6. The molecule has 0 amide bonds. The maximum Gasteiger partial charge on any atom is 0.354 e. The van der Waals surface area contributed by atoms with E-state index in [1.54, 1.807) is 6.92 Å². The Morgan fingerprint density at radius 3 is 2.26 bits per heavy atom. The van der Waals surface area contributed by atoms with Gasteiger partial charge >= 0.3 is 17.9 Å². The molecule has 4 rings (SSSR count). The maximum atomic E-state index is 14.5. The van der Waals surface area contributed by atoms with Gasteiger partial charge in [0, 0.05) is 26.7 Å². The summed E-state index contributed by atoms with van der Waals surface area (Å²) in [6.07, 6.45) is -1.41. The number of hydrogen-bond acceptors (Lipinski definition) is 8. The van der Waals surface area contributed by atoms with E-state index in [1.165, 1.54) is 13.8 Å². The van der Waals surface area contributed by atoms with Crippen molar-refractivity contribution in [2.75, 3.05) is 6.61 Å². The zero-order chi connectivity index (χ0) is 28.8. The summed E-state index contributed by atoms with van der Waals surface area (Å²) in [7, 11) is 0. The van der Waals surface area contributed by atoms with Crippen LogP contribution in [0.2, 0.25) is 0 Å². The predicted molar refractivity (Wildman–Crippen MR) is 122 cm³/mol. The standard InChI is InChI=1S/C26H26F5NO7/c1-10(6-5-7-36-12(3)33)16-11(2)8-15-18(24(16)37-13(4)34)26(25(35)38-15)9-14(32-39-26)17-19(27)21(29)23(31)22(30)20(17)28/h10,15,18,24H,5-9H2,1-4H3/t10-,15+,18+,24+,26-/m0/s1. The number of hydrogen-bond donors (Lipinski definition) is 0. The van der Waals surface area contributed by atoms with Crippen LogP contribution in [-0.4, -0.2) is 48.0 Å². The van der Waals surface area contributed by atoms with Crippen molar-refractivity contribution in [3.05, 3.63) is 45.8 Å². The third kappa shape index (κ3) is 4.87. The first-order valence-corrected chi connectivity index (χ1v) is 12.3. The molecule has 0 radical (unpaired) electrons. The molecule has 13 heteroatoms. The van der Waals surface area contributed by atoms with Gasteiger partial charge in [0.15, 0.2) is 23.3 Å². The van der Waals surface area contributed by atoms with Crippen LogP contribution < -0.4 is 0 Å². The van der Waals surface area contributed by atoms with Gasteiger partial charge in [-0.05, 0) is 31.3 Å². The monoisotopic (exact) mass is 559 g/mol. The number of esters is 3. The highest BCUT2D eigenvalue weighted by Crippen LogP contribution is 2.52. The molecule has 2 heterocycles.